The lowest BCUT2D eigenvalue weighted by Gasteiger charge is -2.02. The number of rotatable bonds is 3. The summed E-state index contributed by atoms with van der Waals surface area (Å²) in [4.78, 5) is 4.06. The van der Waals surface area contributed by atoms with E-state index >= 15 is 0 Å². The fraction of sp³-hybridized carbons (Fsp3) is 0.625. The first-order chi connectivity index (χ1) is 5.65. The molecule has 0 amide bonds. The third kappa shape index (κ3) is 1.84. The quantitative estimate of drug-likeness (QED) is 0.699. The lowest BCUT2D eigenvalue weighted by Crippen LogP contribution is -2.06. The molecular formula is C8H14N2O2. The number of oxazole rings is 1. The minimum Gasteiger partial charge on any atom is -0.443 e. The highest BCUT2D eigenvalue weighted by Gasteiger charge is 2.13. The summed E-state index contributed by atoms with van der Waals surface area (Å²) in [6.07, 6.45) is -0.179. The maximum absolute atomic E-state index is 9.42. The van der Waals surface area contributed by atoms with E-state index in [2.05, 4.69) is 4.98 Å². The predicted octanol–water partition coefficient (Wildman–Crippen LogP) is 0.674. The van der Waals surface area contributed by atoms with Crippen molar-refractivity contribution in [2.45, 2.75) is 26.4 Å². The average Bonchev–Trinajstić information content (AvgIpc) is 2.33. The zero-order chi connectivity index (χ0) is 9.14. The van der Waals surface area contributed by atoms with Crippen LogP contribution in [0.3, 0.4) is 0 Å². The van der Waals surface area contributed by atoms with Gasteiger partial charge in [0, 0.05) is 0 Å². The molecule has 0 aliphatic carbocycles. The van der Waals surface area contributed by atoms with Crippen molar-refractivity contribution in [3.63, 3.8) is 0 Å². The number of aliphatic hydroxyl groups excluding tert-OH is 1. The Morgan fingerprint density at radius 2 is 2.25 bits per heavy atom. The molecule has 0 spiro atoms. The summed E-state index contributed by atoms with van der Waals surface area (Å²) in [6.45, 7) is 4.10. The highest BCUT2D eigenvalue weighted by atomic mass is 16.4. The van der Waals surface area contributed by atoms with Crippen LogP contribution in [0.5, 0.6) is 0 Å². The van der Waals surface area contributed by atoms with Crippen LogP contribution in [0.25, 0.3) is 0 Å². The van der Waals surface area contributed by atoms with Crippen LogP contribution in [0.15, 0.2) is 4.42 Å². The van der Waals surface area contributed by atoms with E-state index in [-0.39, 0.29) is 0 Å². The van der Waals surface area contributed by atoms with Gasteiger partial charge in [-0.1, -0.05) is 0 Å². The largest absolute Gasteiger partial charge is 0.443 e. The van der Waals surface area contributed by atoms with Crippen molar-refractivity contribution in [2.24, 2.45) is 5.73 Å². The number of aliphatic hydroxyl groups is 1. The predicted molar refractivity (Wildman–Crippen MR) is 44.6 cm³/mol. The SMILES string of the molecule is Cc1nc([C@@H](O)CCN)oc1C. The van der Waals surface area contributed by atoms with Crippen LogP contribution in [0.2, 0.25) is 0 Å². The van der Waals surface area contributed by atoms with Gasteiger partial charge in [0.05, 0.1) is 5.69 Å². The van der Waals surface area contributed by atoms with E-state index in [1.54, 1.807) is 0 Å². The highest BCUT2D eigenvalue weighted by molar-refractivity contribution is 5.06. The average molecular weight is 170 g/mol. The van der Waals surface area contributed by atoms with Crippen molar-refractivity contribution in [1.29, 1.82) is 0 Å². The lowest BCUT2D eigenvalue weighted by atomic mass is 10.2. The molecule has 0 aromatic carbocycles. The van der Waals surface area contributed by atoms with Gasteiger partial charge in [-0.3, -0.25) is 0 Å². The monoisotopic (exact) mass is 170 g/mol. The molecule has 1 aromatic rings. The molecule has 1 atom stereocenters. The number of nitrogens with zero attached hydrogens (tertiary/aromatic N) is 1. The summed E-state index contributed by atoms with van der Waals surface area (Å²) in [5.41, 5.74) is 6.10. The Morgan fingerprint density at radius 1 is 1.58 bits per heavy atom. The number of hydrogen-bond acceptors (Lipinski definition) is 4. The van der Waals surface area contributed by atoms with Gasteiger partial charge >= 0.3 is 0 Å². The first-order valence-corrected chi connectivity index (χ1v) is 3.97. The van der Waals surface area contributed by atoms with E-state index in [4.69, 9.17) is 10.2 Å². The van der Waals surface area contributed by atoms with Gasteiger partial charge in [-0.25, -0.2) is 4.98 Å². The second-order valence-corrected chi connectivity index (χ2v) is 2.79. The number of hydrogen-bond donors (Lipinski definition) is 2. The minimum absolute atomic E-state index is 0.371. The second kappa shape index (κ2) is 3.69. The molecule has 1 aromatic heterocycles. The molecule has 0 saturated carbocycles. The zero-order valence-electron chi connectivity index (χ0n) is 7.37. The van der Waals surface area contributed by atoms with Crippen LogP contribution < -0.4 is 5.73 Å². The molecule has 12 heavy (non-hydrogen) atoms. The highest BCUT2D eigenvalue weighted by Crippen LogP contribution is 2.17. The van der Waals surface area contributed by atoms with Crippen LogP contribution in [-0.4, -0.2) is 16.6 Å². The molecule has 68 valence electrons. The van der Waals surface area contributed by atoms with E-state index in [1.165, 1.54) is 0 Å². The summed E-state index contributed by atoms with van der Waals surface area (Å²) in [7, 11) is 0. The van der Waals surface area contributed by atoms with Crippen molar-refractivity contribution in [1.82, 2.24) is 4.98 Å². The molecule has 1 rings (SSSR count). The normalized spacial score (nSPS) is 13.3. The summed E-state index contributed by atoms with van der Waals surface area (Å²) < 4.78 is 5.21. The molecule has 0 saturated heterocycles. The fourth-order valence-electron chi connectivity index (χ4n) is 0.921. The van der Waals surface area contributed by atoms with E-state index in [0.717, 1.165) is 11.5 Å². The zero-order valence-corrected chi connectivity index (χ0v) is 7.37. The van der Waals surface area contributed by atoms with Gasteiger partial charge in [0.1, 0.15) is 11.9 Å². The summed E-state index contributed by atoms with van der Waals surface area (Å²) in [6, 6.07) is 0. The van der Waals surface area contributed by atoms with E-state index in [1.807, 2.05) is 13.8 Å². The molecule has 4 heteroatoms. The van der Waals surface area contributed by atoms with Crippen LogP contribution in [-0.2, 0) is 0 Å². The van der Waals surface area contributed by atoms with E-state index in [9.17, 15) is 5.11 Å². The smallest absolute Gasteiger partial charge is 0.223 e. The fourth-order valence-corrected chi connectivity index (χ4v) is 0.921. The summed E-state index contributed by atoms with van der Waals surface area (Å²) in [5, 5.41) is 9.42. The Hall–Kier alpha value is -0.870. The summed E-state index contributed by atoms with van der Waals surface area (Å²) >= 11 is 0. The van der Waals surface area contributed by atoms with Gasteiger partial charge in [0.25, 0.3) is 0 Å². The third-order valence-electron chi connectivity index (χ3n) is 1.77. The van der Waals surface area contributed by atoms with Crippen LogP contribution in [0.1, 0.15) is 29.9 Å². The van der Waals surface area contributed by atoms with E-state index < -0.39 is 6.10 Å². The maximum atomic E-state index is 9.42. The molecule has 3 N–H and O–H groups in total. The Bertz CT molecular complexity index is 238. The maximum Gasteiger partial charge on any atom is 0.223 e. The second-order valence-electron chi connectivity index (χ2n) is 2.79. The van der Waals surface area contributed by atoms with Gasteiger partial charge in [-0.15, -0.1) is 0 Å². The van der Waals surface area contributed by atoms with Crippen molar-refractivity contribution in [3.8, 4) is 0 Å². The number of nitrogens with two attached hydrogens (primary N) is 1. The molecule has 4 nitrogen and oxygen atoms in total. The molecule has 0 aliphatic heterocycles. The van der Waals surface area contributed by atoms with Crippen LogP contribution in [0.4, 0.5) is 0 Å². The lowest BCUT2D eigenvalue weighted by molar-refractivity contribution is 0.135. The van der Waals surface area contributed by atoms with Crippen molar-refractivity contribution in [2.75, 3.05) is 6.54 Å². The summed E-state index contributed by atoms with van der Waals surface area (Å²) in [5.74, 6) is 1.12. The van der Waals surface area contributed by atoms with Crippen LogP contribution >= 0.6 is 0 Å². The number of aryl methyl sites for hydroxylation is 2. The molecule has 0 aliphatic rings. The molecule has 1 heterocycles. The van der Waals surface area contributed by atoms with Gasteiger partial charge in [-0.2, -0.15) is 0 Å². The topological polar surface area (TPSA) is 72.3 Å². The van der Waals surface area contributed by atoms with Gasteiger partial charge in [0.15, 0.2) is 0 Å². The third-order valence-corrected chi connectivity index (χ3v) is 1.77. The molecule has 0 fully saturated rings. The molecule has 0 radical (unpaired) electrons. The number of aromatic nitrogens is 1. The molecular weight excluding hydrogens is 156 g/mol. The van der Waals surface area contributed by atoms with Crippen molar-refractivity contribution < 1.29 is 9.52 Å². The van der Waals surface area contributed by atoms with Gasteiger partial charge < -0.3 is 15.3 Å². The minimum atomic E-state index is -0.664. The molecule has 0 bridgehead atoms. The Kier molecular flexibility index (Phi) is 2.83. The van der Waals surface area contributed by atoms with Gasteiger partial charge in [0.2, 0.25) is 5.89 Å². The Balaban J connectivity index is 2.74. The molecule has 0 unspecified atom stereocenters. The van der Waals surface area contributed by atoms with Crippen molar-refractivity contribution in [3.05, 3.63) is 17.3 Å². The standard InChI is InChI=1S/C8H14N2O2/c1-5-6(2)12-8(10-5)7(11)3-4-9/h7,11H,3-4,9H2,1-2H3/t7-/m0/s1. The van der Waals surface area contributed by atoms with E-state index in [0.29, 0.717) is 18.9 Å². The Morgan fingerprint density at radius 3 is 2.67 bits per heavy atom. The first-order valence-electron chi connectivity index (χ1n) is 3.97. The Labute approximate surface area is 71.4 Å². The first kappa shape index (κ1) is 9.22. The van der Waals surface area contributed by atoms with Crippen molar-refractivity contribution >= 4 is 0 Å². The van der Waals surface area contributed by atoms with Gasteiger partial charge in [-0.05, 0) is 26.8 Å². The van der Waals surface area contributed by atoms with Crippen LogP contribution in [0, 0.1) is 13.8 Å².